The van der Waals surface area contributed by atoms with Crippen molar-refractivity contribution in [1.82, 2.24) is 5.32 Å². The summed E-state index contributed by atoms with van der Waals surface area (Å²) in [7, 11) is 0. The van der Waals surface area contributed by atoms with Crippen LogP contribution in [-0.2, 0) is 0 Å². The lowest BCUT2D eigenvalue weighted by molar-refractivity contribution is 0.281. The van der Waals surface area contributed by atoms with E-state index in [2.05, 4.69) is 5.32 Å². The van der Waals surface area contributed by atoms with Gasteiger partial charge in [0.15, 0.2) is 0 Å². The van der Waals surface area contributed by atoms with Crippen LogP contribution < -0.4 is 5.32 Å². The normalized spacial score (nSPS) is 22.9. The fraction of sp³-hybridized carbons (Fsp3) is 0.538. The zero-order chi connectivity index (χ0) is 10.7. The average Bonchev–Trinajstić information content (AvgIpc) is 2.70. The van der Waals surface area contributed by atoms with Gasteiger partial charge in [-0.2, -0.15) is 0 Å². The van der Waals surface area contributed by atoms with Gasteiger partial charge in [-0.05, 0) is 44.3 Å². The first kappa shape index (κ1) is 10.6. The Morgan fingerprint density at radius 1 is 1.53 bits per heavy atom. The van der Waals surface area contributed by atoms with Crippen LogP contribution in [0.15, 0.2) is 24.3 Å². The maximum Gasteiger partial charge on any atom is 0.125 e. The first-order valence-corrected chi connectivity index (χ1v) is 5.67. The summed E-state index contributed by atoms with van der Waals surface area (Å²) in [5.41, 5.74) is 1.97. The lowest BCUT2D eigenvalue weighted by Crippen LogP contribution is -2.10. The lowest BCUT2D eigenvalue weighted by Gasteiger charge is -2.13. The third-order valence-corrected chi connectivity index (χ3v) is 3.11. The SMILES string of the molecule is Cc1cccc(C(F)CC2CCNC2)c1. The second-order valence-electron chi connectivity index (χ2n) is 4.48. The number of nitrogens with one attached hydrogen (secondary N) is 1. The zero-order valence-electron chi connectivity index (χ0n) is 9.17. The predicted octanol–water partition coefficient (Wildman–Crippen LogP) is 3.01. The molecular formula is C13H18FN. The number of benzene rings is 1. The highest BCUT2D eigenvalue weighted by Crippen LogP contribution is 2.28. The molecule has 0 amide bonds. The molecule has 1 saturated heterocycles. The number of rotatable bonds is 3. The molecule has 1 aromatic rings. The van der Waals surface area contributed by atoms with Crippen LogP contribution in [0.3, 0.4) is 0 Å². The Morgan fingerprint density at radius 3 is 3.07 bits per heavy atom. The monoisotopic (exact) mass is 207 g/mol. The first-order chi connectivity index (χ1) is 7.25. The Hall–Kier alpha value is -0.890. The number of hydrogen-bond acceptors (Lipinski definition) is 1. The van der Waals surface area contributed by atoms with E-state index >= 15 is 0 Å². The minimum absolute atomic E-state index is 0.514. The van der Waals surface area contributed by atoms with Gasteiger partial charge in [-0.1, -0.05) is 29.8 Å². The van der Waals surface area contributed by atoms with Gasteiger partial charge in [0.25, 0.3) is 0 Å². The van der Waals surface area contributed by atoms with E-state index in [-0.39, 0.29) is 0 Å². The Kier molecular flexibility index (Phi) is 3.37. The van der Waals surface area contributed by atoms with Crippen LogP contribution in [0.1, 0.15) is 30.1 Å². The molecule has 2 unspecified atom stereocenters. The number of hydrogen-bond donors (Lipinski definition) is 1. The molecule has 2 rings (SSSR count). The molecule has 2 heteroatoms. The van der Waals surface area contributed by atoms with Gasteiger partial charge in [0.2, 0.25) is 0 Å². The smallest absolute Gasteiger partial charge is 0.125 e. The molecule has 0 bridgehead atoms. The molecule has 1 fully saturated rings. The summed E-state index contributed by atoms with van der Waals surface area (Å²) in [6.45, 7) is 4.03. The van der Waals surface area contributed by atoms with Crippen LogP contribution in [0.4, 0.5) is 4.39 Å². The molecule has 1 N–H and O–H groups in total. The standard InChI is InChI=1S/C13H18FN/c1-10-3-2-4-12(7-10)13(14)8-11-5-6-15-9-11/h2-4,7,11,13,15H,5-6,8-9H2,1H3. The average molecular weight is 207 g/mol. The minimum Gasteiger partial charge on any atom is -0.316 e. The van der Waals surface area contributed by atoms with E-state index in [1.165, 1.54) is 0 Å². The van der Waals surface area contributed by atoms with E-state index in [1.807, 2.05) is 31.2 Å². The predicted molar refractivity (Wildman–Crippen MR) is 60.6 cm³/mol. The van der Waals surface area contributed by atoms with Gasteiger partial charge in [0.05, 0.1) is 0 Å². The van der Waals surface area contributed by atoms with Gasteiger partial charge in [-0.25, -0.2) is 4.39 Å². The van der Waals surface area contributed by atoms with E-state index in [0.717, 1.165) is 30.6 Å². The van der Waals surface area contributed by atoms with Crippen LogP contribution in [-0.4, -0.2) is 13.1 Å². The van der Waals surface area contributed by atoms with Crippen molar-refractivity contribution in [3.63, 3.8) is 0 Å². The van der Waals surface area contributed by atoms with Crippen LogP contribution in [0.25, 0.3) is 0 Å². The van der Waals surface area contributed by atoms with E-state index < -0.39 is 6.17 Å². The minimum atomic E-state index is -0.796. The second-order valence-corrected chi connectivity index (χ2v) is 4.48. The first-order valence-electron chi connectivity index (χ1n) is 5.67. The molecule has 2 atom stereocenters. The summed E-state index contributed by atoms with van der Waals surface area (Å²) in [6, 6.07) is 7.78. The zero-order valence-corrected chi connectivity index (χ0v) is 9.17. The molecule has 1 heterocycles. The summed E-state index contributed by atoms with van der Waals surface area (Å²) in [5, 5.41) is 3.27. The summed E-state index contributed by atoms with van der Waals surface area (Å²) in [5.74, 6) is 0.514. The van der Waals surface area contributed by atoms with Crippen LogP contribution in [0.2, 0.25) is 0 Å². The largest absolute Gasteiger partial charge is 0.316 e. The van der Waals surface area contributed by atoms with E-state index in [4.69, 9.17) is 0 Å². The maximum atomic E-state index is 13.9. The lowest BCUT2D eigenvalue weighted by atomic mass is 9.96. The highest BCUT2D eigenvalue weighted by Gasteiger charge is 2.20. The van der Waals surface area contributed by atoms with Crippen LogP contribution >= 0.6 is 0 Å². The van der Waals surface area contributed by atoms with Crippen molar-refractivity contribution in [2.45, 2.75) is 25.9 Å². The van der Waals surface area contributed by atoms with Gasteiger partial charge >= 0.3 is 0 Å². The summed E-state index contributed by atoms with van der Waals surface area (Å²) < 4.78 is 13.9. The Balaban J connectivity index is 1.97. The Bertz CT molecular complexity index is 318. The molecule has 15 heavy (non-hydrogen) atoms. The Morgan fingerprint density at radius 2 is 2.40 bits per heavy atom. The molecule has 0 aliphatic carbocycles. The number of halogens is 1. The van der Waals surface area contributed by atoms with Gasteiger partial charge in [-0.15, -0.1) is 0 Å². The van der Waals surface area contributed by atoms with Crippen molar-refractivity contribution in [1.29, 1.82) is 0 Å². The maximum absolute atomic E-state index is 13.9. The van der Waals surface area contributed by atoms with E-state index in [0.29, 0.717) is 12.3 Å². The molecule has 1 nitrogen and oxygen atoms in total. The summed E-state index contributed by atoms with van der Waals surface area (Å²) in [4.78, 5) is 0. The molecular weight excluding hydrogens is 189 g/mol. The van der Waals surface area contributed by atoms with Crippen molar-refractivity contribution in [3.05, 3.63) is 35.4 Å². The fourth-order valence-corrected chi connectivity index (χ4v) is 2.21. The molecule has 1 aliphatic heterocycles. The van der Waals surface area contributed by atoms with Crippen molar-refractivity contribution in [2.24, 2.45) is 5.92 Å². The van der Waals surface area contributed by atoms with Crippen molar-refractivity contribution >= 4 is 0 Å². The Labute approximate surface area is 90.7 Å². The van der Waals surface area contributed by atoms with Crippen molar-refractivity contribution in [2.75, 3.05) is 13.1 Å². The quantitative estimate of drug-likeness (QED) is 0.803. The van der Waals surface area contributed by atoms with Gasteiger partial charge in [-0.3, -0.25) is 0 Å². The molecule has 0 spiro atoms. The summed E-state index contributed by atoms with van der Waals surface area (Å²) >= 11 is 0. The molecule has 82 valence electrons. The third kappa shape index (κ3) is 2.78. The van der Waals surface area contributed by atoms with Crippen molar-refractivity contribution in [3.8, 4) is 0 Å². The van der Waals surface area contributed by atoms with E-state index in [9.17, 15) is 4.39 Å². The number of alkyl halides is 1. The second kappa shape index (κ2) is 4.75. The van der Waals surface area contributed by atoms with Crippen LogP contribution in [0, 0.1) is 12.8 Å². The fourth-order valence-electron chi connectivity index (χ4n) is 2.21. The topological polar surface area (TPSA) is 12.0 Å². The number of aryl methyl sites for hydroxylation is 1. The van der Waals surface area contributed by atoms with Crippen LogP contribution in [0.5, 0.6) is 0 Å². The highest BCUT2D eigenvalue weighted by molar-refractivity contribution is 5.24. The molecule has 0 aromatic heterocycles. The van der Waals surface area contributed by atoms with Gasteiger partial charge < -0.3 is 5.32 Å². The summed E-state index contributed by atoms with van der Waals surface area (Å²) in [6.07, 6.45) is 0.984. The van der Waals surface area contributed by atoms with Crippen molar-refractivity contribution < 1.29 is 4.39 Å². The third-order valence-electron chi connectivity index (χ3n) is 3.11. The highest BCUT2D eigenvalue weighted by atomic mass is 19.1. The van der Waals surface area contributed by atoms with E-state index in [1.54, 1.807) is 0 Å². The molecule has 0 radical (unpaired) electrons. The van der Waals surface area contributed by atoms with Gasteiger partial charge in [0.1, 0.15) is 6.17 Å². The molecule has 1 aromatic carbocycles. The molecule has 1 aliphatic rings. The molecule has 0 saturated carbocycles. The van der Waals surface area contributed by atoms with Gasteiger partial charge in [0, 0.05) is 0 Å².